The second-order valence-electron chi connectivity index (χ2n) is 3.61. The van der Waals surface area contributed by atoms with Crippen molar-refractivity contribution in [3.05, 3.63) is 0 Å². The average molecular weight is 217 g/mol. The minimum Gasteiger partial charge on any atom is -0.383 e. The van der Waals surface area contributed by atoms with Crippen LogP contribution < -0.4 is 11.1 Å². The Kier molecular flexibility index (Phi) is 8.27. The Hall–Kier alpha value is -0.650. The van der Waals surface area contributed by atoms with Gasteiger partial charge in [0, 0.05) is 26.7 Å². The number of rotatable bonds is 9. The van der Waals surface area contributed by atoms with Crippen LogP contribution in [0.2, 0.25) is 0 Å². The highest BCUT2D eigenvalue weighted by atomic mass is 16.5. The number of nitrogens with zero attached hydrogens (tertiary/aromatic N) is 1. The van der Waals surface area contributed by atoms with E-state index in [1.807, 2.05) is 14.0 Å². The van der Waals surface area contributed by atoms with Crippen LogP contribution in [0.25, 0.3) is 0 Å². The van der Waals surface area contributed by atoms with Crippen LogP contribution in [-0.4, -0.2) is 57.2 Å². The Morgan fingerprint density at radius 2 is 2.20 bits per heavy atom. The van der Waals surface area contributed by atoms with Crippen molar-refractivity contribution in [3.8, 4) is 0 Å². The first-order chi connectivity index (χ1) is 7.11. The number of hydrogen-bond donors (Lipinski definition) is 2. The number of likely N-dealkylation sites (N-methyl/N-ethyl adjacent to an activating group) is 1. The third-order valence-electron chi connectivity index (χ3n) is 2.31. The Bertz CT molecular complexity index is 176. The van der Waals surface area contributed by atoms with E-state index in [2.05, 4.69) is 10.2 Å². The van der Waals surface area contributed by atoms with Crippen molar-refractivity contribution in [2.75, 3.05) is 40.4 Å². The highest BCUT2D eigenvalue weighted by Crippen LogP contribution is 1.89. The first-order valence-corrected chi connectivity index (χ1v) is 5.32. The summed E-state index contributed by atoms with van der Waals surface area (Å²) in [7, 11) is 3.71. The van der Waals surface area contributed by atoms with E-state index < -0.39 is 0 Å². The number of nitrogens with one attached hydrogen (secondary N) is 1. The van der Waals surface area contributed by atoms with Gasteiger partial charge in [-0.05, 0) is 13.5 Å². The smallest absolute Gasteiger partial charge is 0.234 e. The Morgan fingerprint density at radius 3 is 2.67 bits per heavy atom. The number of primary amides is 1. The van der Waals surface area contributed by atoms with Gasteiger partial charge in [0.1, 0.15) is 0 Å². The minimum absolute atomic E-state index is 0.208. The molecule has 0 spiro atoms. The normalized spacial score (nSPS) is 13.1. The molecule has 15 heavy (non-hydrogen) atoms. The van der Waals surface area contributed by atoms with E-state index in [-0.39, 0.29) is 11.9 Å². The van der Waals surface area contributed by atoms with Gasteiger partial charge in [0.05, 0.1) is 12.6 Å². The number of methoxy groups -OCH3 is 1. The number of carbonyl (C=O) groups is 1. The number of nitrogens with two attached hydrogens (primary N) is 1. The zero-order chi connectivity index (χ0) is 11.7. The molecule has 0 aromatic heterocycles. The molecule has 5 heteroatoms. The van der Waals surface area contributed by atoms with Crippen LogP contribution in [0.3, 0.4) is 0 Å². The molecule has 1 amide bonds. The van der Waals surface area contributed by atoms with E-state index in [4.69, 9.17) is 10.5 Å². The van der Waals surface area contributed by atoms with Gasteiger partial charge in [-0.2, -0.15) is 0 Å². The molecule has 0 fully saturated rings. The fourth-order valence-electron chi connectivity index (χ4n) is 1.23. The fraction of sp³-hybridized carbons (Fsp3) is 0.900. The van der Waals surface area contributed by atoms with Crippen molar-refractivity contribution >= 4 is 5.91 Å². The molecule has 90 valence electrons. The lowest BCUT2D eigenvalue weighted by molar-refractivity contribution is -0.120. The van der Waals surface area contributed by atoms with Gasteiger partial charge in [0.2, 0.25) is 5.91 Å². The first kappa shape index (κ1) is 14.3. The molecule has 0 aliphatic rings. The van der Waals surface area contributed by atoms with Crippen molar-refractivity contribution in [2.45, 2.75) is 19.4 Å². The molecule has 1 atom stereocenters. The van der Waals surface area contributed by atoms with Crippen LogP contribution >= 0.6 is 0 Å². The zero-order valence-corrected chi connectivity index (χ0v) is 9.95. The summed E-state index contributed by atoms with van der Waals surface area (Å²) in [4.78, 5) is 13.0. The van der Waals surface area contributed by atoms with E-state index in [1.165, 1.54) is 0 Å². The molecule has 3 N–H and O–H groups in total. The molecular weight excluding hydrogens is 194 g/mol. The van der Waals surface area contributed by atoms with E-state index >= 15 is 0 Å². The summed E-state index contributed by atoms with van der Waals surface area (Å²) >= 11 is 0. The van der Waals surface area contributed by atoms with Crippen molar-refractivity contribution in [1.29, 1.82) is 0 Å². The molecule has 0 aliphatic heterocycles. The summed E-state index contributed by atoms with van der Waals surface area (Å²) in [6.45, 7) is 5.21. The number of carbonyl (C=O) groups excluding carboxylic acids is 1. The van der Waals surface area contributed by atoms with E-state index in [1.54, 1.807) is 7.11 Å². The predicted molar refractivity (Wildman–Crippen MR) is 60.6 cm³/mol. The molecule has 0 heterocycles. The molecule has 0 radical (unpaired) electrons. The molecule has 0 aromatic rings. The highest BCUT2D eigenvalue weighted by Gasteiger charge is 2.11. The van der Waals surface area contributed by atoms with Gasteiger partial charge in [0.25, 0.3) is 0 Å². The average Bonchev–Trinajstić information content (AvgIpc) is 2.20. The van der Waals surface area contributed by atoms with Gasteiger partial charge in [-0.15, -0.1) is 0 Å². The molecule has 0 saturated carbocycles. The number of hydrogen-bond acceptors (Lipinski definition) is 4. The quantitative estimate of drug-likeness (QED) is 0.542. The Balaban J connectivity index is 3.54. The number of amides is 1. The van der Waals surface area contributed by atoms with Gasteiger partial charge in [0.15, 0.2) is 0 Å². The van der Waals surface area contributed by atoms with Crippen LogP contribution in [0.15, 0.2) is 0 Å². The number of ether oxygens (including phenoxy) is 1. The maximum Gasteiger partial charge on any atom is 0.234 e. The second-order valence-corrected chi connectivity index (χ2v) is 3.61. The van der Waals surface area contributed by atoms with Crippen LogP contribution in [0.5, 0.6) is 0 Å². The second kappa shape index (κ2) is 8.64. The van der Waals surface area contributed by atoms with Crippen molar-refractivity contribution < 1.29 is 9.53 Å². The van der Waals surface area contributed by atoms with E-state index in [9.17, 15) is 4.79 Å². The molecule has 0 rings (SSSR count). The summed E-state index contributed by atoms with van der Waals surface area (Å²) in [5.41, 5.74) is 5.21. The molecule has 0 bridgehead atoms. The summed E-state index contributed by atoms with van der Waals surface area (Å²) in [5.74, 6) is -0.281. The zero-order valence-electron chi connectivity index (χ0n) is 9.95. The van der Waals surface area contributed by atoms with Crippen LogP contribution in [0.1, 0.15) is 13.3 Å². The molecular formula is C10H23N3O2. The lowest BCUT2D eigenvalue weighted by Gasteiger charge is -2.18. The third-order valence-corrected chi connectivity index (χ3v) is 2.31. The molecule has 0 saturated heterocycles. The standard InChI is InChI=1S/C10H23N3O2/c1-4-9(10(11)14)12-5-6-13(2)7-8-15-3/h9,12H,4-8H2,1-3H3,(H2,11,14). The molecule has 0 aromatic carbocycles. The van der Waals surface area contributed by atoms with E-state index in [0.717, 1.165) is 32.7 Å². The first-order valence-electron chi connectivity index (χ1n) is 5.32. The summed E-state index contributed by atoms with van der Waals surface area (Å²) < 4.78 is 4.96. The van der Waals surface area contributed by atoms with Crippen LogP contribution in [0, 0.1) is 0 Å². The molecule has 0 aliphatic carbocycles. The van der Waals surface area contributed by atoms with Crippen LogP contribution in [-0.2, 0) is 9.53 Å². The lowest BCUT2D eigenvalue weighted by atomic mass is 10.2. The minimum atomic E-state index is -0.281. The molecule has 1 unspecified atom stereocenters. The van der Waals surface area contributed by atoms with Gasteiger partial charge in [-0.1, -0.05) is 6.92 Å². The van der Waals surface area contributed by atoms with Crippen molar-refractivity contribution in [3.63, 3.8) is 0 Å². The summed E-state index contributed by atoms with van der Waals surface area (Å²) in [5, 5.41) is 3.12. The maximum atomic E-state index is 10.9. The van der Waals surface area contributed by atoms with Crippen molar-refractivity contribution in [2.24, 2.45) is 5.73 Å². The largest absolute Gasteiger partial charge is 0.383 e. The highest BCUT2D eigenvalue weighted by molar-refractivity contribution is 5.79. The van der Waals surface area contributed by atoms with Gasteiger partial charge in [-0.3, -0.25) is 4.79 Å². The van der Waals surface area contributed by atoms with E-state index in [0.29, 0.717) is 0 Å². The third kappa shape index (κ3) is 7.30. The Labute approximate surface area is 91.9 Å². The van der Waals surface area contributed by atoms with Gasteiger partial charge >= 0.3 is 0 Å². The maximum absolute atomic E-state index is 10.9. The van der Waals surface area contributed by atoms with Crippen LogP contribution in [0.4, 0.5) is 0 Å². The topological polar surface area (TPSA) is 67.6 Å². The monoisotopic (exact) mass is 217 g/mol. The molecule has 5 nitrogen and oxygen atoms in total. The van der Waals surface area contributed by atoms with Crippen molar-refractivity contribution in [1.82, 2.24) is 10.2 Å². The summed E-state index contributed by atoms with van der Waals surface area (Å²) in [6.07, 6.45) is 0.733. The predicted octanol–water partition coefficient (Wildman–Crippen LogP) is -0.582. The fourth-order valence-corrected chi connectivity index (χ4v) is 1.23. The Morgan fingerprint density at radius 1 is 1.53 bits per heavy atom. The summed E-state index contributed by atoms with van der Waals surface area (Å²) in [6, 6.07) is -0.208. The SMILES string of the molecule is CCC(NCCN(C)CCOC)C(N)=O. The van der Waals surface area contributed by atoms with Gasteiger partial charge < -0.3 is 20.7 Å². The lowest BCUT2D eigenvalue weighted by Crippen LogP contribution is -2.43. The van der Waals surface area contributed by atoms with Gasteiger partial charge in [-0.25, -0.2) is 0 Å².